The zero-order chi connectivity index (χ0) is 21.8. The molecule has 0 spiro atoms. The van der Waals surface area contributed by atoms with Crippen molar-refractivity contribution in [2.45, 2.75) is 6.92 Å². The minimum atomic E-state index is -0.291. The molecule has 9 heteroatoms. The van der Waals surface area contributed by atoms with E-state index in [0.29, 0.717) is 27.5 Å². The van der Waals surface area contributed by atoms with E-state index < -0.39 is 0 Å². The van der Waals surface area contributed by atoms with Crippen molar-refractivity contribution in [3.63, 3.8) is 0 Å². The largest absolute Gasteiger partial charge is 0.401 e. The first-order valence-corrected chi connectivity index (χ1v) is 9.96. The highest BCUT2D eigenvalue weighted by Gasteiger charge is 2.22. The molecule has 1 saturated heterocycles. The van der Waals surface area contributed by atoms with Gasteiger partial charge >= 0.3 is 0 Å². The zero-order valence-corrected chi connectivity index (χ0v) is 17.8. The number of anilines is 2. The van der Waals surface area contributed by atoms with E-state index in [1.807, 2.05) is 0 Å². The minimum absolute atomic E-state index is 0.0845. The van der Waals surface area contributed by atoms with Gasteiger partial charge in [0.15, 0.2) is 5.78 Å². The second-order valence-corrected chi connectivity index (χ2v) is 7.69. The fourth-order valence-electron chi connectivity index (χ4n) is 3.13. The number of aromatic nitrogens is 1. The molecule has 0 bridgehead atoms. The summed E-state index contributed by atoms with van der Waals surface area (Å²) in [4.78, 5) is 22.1. The lowest BCUT2D eigenvalue weighted by Crippen LogP contribution is -2.44. The van der Waals surface area contributed by atoms with Gasteiger partial charge in [0.2, 0.25) is 0 Å². The average Bonchev–Trinajstić information content (AvgIpc) is 2.73. The van der Waals surface area contributed by atoms with E-state index in [2.05, 4.69) is 27.1 Å². The highest BCUT2D eigenvalue weighted by Crippen LogP contribution is 2.27. The lowest BCUT2D eigenvalue weighted by Gasteiger charge is -2.33. The fraction of sp³-hybridized carbons (Fsp3) is 0.286. The molecule has 2 aromatic rings. The standard InChI is InChI=1S/C21H26ClN7O/c1-13(23)19(24)21(25)27-17-11-18(29-9-7-28(2)8-10-29)26-12-15(17)20(30)14-5-3-4-6-16(14)22/h3-6,11-12H,7-10,23-24H2,1-2H3,(H2,25,26,27)/b19-13+. The lowest BCUT2D eigenvalue weighted by atomic mass is 10.0. The van der Waals surface area contributed by atoms with Crippen LogP contribution in [0.1, 0.15) is 22.8 Å². The molecule has 2 heterocycles. The van der Waals surface area contributed by atoms with Gasteiger partial charge in [-0.1, -0.05) is 23.7 Å². The van der Waals surface area contributed by atoms with E-state index in [4.69, 9.17) is 28.5 Å². The normalized spacial score (nSPS) is 15.5. The van der Waals surface area contributed by atoms with Gasteiger partial charge < -0.3 is 26.6 Å². The summed E-state index contributed by atoms with van der Waals surface area (Å²) < 4.78 is 0. The number of nitrogens with one attached hydrogen (secondary N) is 2. The van der Waals surface area contributed by atoms with Gasteiger partial charge in [0.1, 0.15) is 11.7 Å². The number of piperazine rings is 1. The molecule has 0 aliphatic carbocycles. The van der Waals surface area contributed by atoms with E-state index in [1.165, 1.54) is 6.20 Å². The molecular weight excluding hydrogens is 402 g/mol. The SMILES string of the molecule is C/C(N)=C(\N)C(=N)Nc1cc(N2CCN(C)CC2)ncc1C(=O)c1ccccc1Cl. The Balaban J connectivity index is 2.00. The topological polar surface area (TPSA) is 124 Å². The smallest absolute Gasteiger partial charge is 0.198 e. The summed E-state index contributed by atoms with van der Waals surface area (Å²) in [6, 6.07) is 8.60. The van der Waals surface area contributed by atoms with Crippen LogP contribution >= 0.6 is 11.6 Å². The van der Waals surface area contributed by atoms with Crippen molar-refractivity contribution < 1.29 is 4.79 Å². The number of nitrogens with two attached hydrogens (primary N) is 2. The van der Waals surface area contributed by atoms with Crippen molar-refractivity contribution >= 4 is 34.7 Å². The molecule has 3 rings (SSSR count). The highest BCUT2D eigenvalue weighted by atomic mass is 35.5. The molecular formula is C21H26ClN7O. The predicted molar refractivity (Wildman–Crippen MR) is 121 cm³/mol. The van der Waals surface area contributed by atoms with Crippen LogP contribution < -0.4 is 21.7 Å². The van der Waals surface area contributed by atoms with Gasteiger partial charge in [-0.25, -0.2) is 4.98 Å². The molecule has 30 heavy (non-hydrogen) atoms. The number of nitrogens with zero attached hydrogens (tertiary/aromatic N) is 3. The Morgan fingerprint density at radius 1 is 1.17 bits per heavy atom. The molecule has 0 radical (unpaired) electrons. The molecule has 0 unspecified atom stereocenters. The van der Waals surface area contributed by atoms with Gasteiger partial charge in [0.25, 0.3) is 0 Å². The monoisotopic (exact) mass is 427 g/mol. The van der Waals surface area contributed by atoms with Gasteiger partial charge in [-0.2, -0.15) is 0 Å². The molecule has 1 fully saturated rings. The maximum atomic E-state index is 13.2. The van der Waals surface area contributed by atoms with Gasteiger partial charge in [-0.3, -0.25) is 10.2 Å². The van der Waals surface area contributed by atoms with Gasteiger partial charge in [-0.05, 0) is 26.1 Å². The maximum absolute atomic E-state index is 13.2. The van der Waals surface area contributed by atoms with Crippen molar-refractivity contribution in [2.24, 2.45) is 11.5 Å². The van der Waals surface area contributed by atoms with Crippen LogP contribution in [0.3, 0.4) is 0 Å². The third-order valence-electron chi connectivity index (χ3n) is 5.03. The molecule has 1 aromatic heterocycles. The third-order valence-corrected chi connectivity index (χ3v) is 5.36. The molecule has 0 saturated carbocycles. The first-order chi connectivity index (χ1) is 14.3. The third kappa shape index (κ3) is 4.72. The number of carbonyl (C=O) groups is 1. The second kappa shape index (κ2) is 9.15. The van der Waals surface area contributed by atoms with Crippen molar-refractivity contribution in [3.8, 4) is 0 Å². The Bertz CT molecular complexity index is 993. The Kier molecular flexibility index (Phi) is 6.59. The summed E-state index contributed by atoms with van der Waals surface area (Å²) in [7, 11) is 2.08. The van der Waals surface area contributed by atoms with E-state index in [1.54, 1.807) is 37.3 Å². The number of hydrogen-bond acceptors (Lipinski definition) is 7. The molecule has 8 nitrogen and oxygen atoms in total. The number of carbonyl (C=O) groups excluding carboxylic acids is 1. The number of ketones is 1. The van der Waals surface area contributed by atoms with E-state index >= 15 is 0 Å². The Labute approximate surface area is 181 Å². The summed E-state index contributed by atoms with van der Waals surface area (Å²) >= 11 is 6.23. The number of amidine groups is 1. The summed E-state index contributed by atoms with van der Waals surface area (Å²) in [5.74, 6) is 0.347. The molecule has 1 aliphatic heterocycles. The number of allylic oxidation sites excluding steroid dienone is 1. The second-order valence-electron chi connectivity index (χ2n) is 7.28. The summed E-state index contributed by atoms with van der Waals surface area (Å²) in [5, 5.41) is 11.5. The van der Waals surface area contributed by atoms with Crippen molar-refractivity contribution in [2.75, 3.05) is 43.4 Å². The van der Waals surface area contributed by atoms with Crippen molar-refractivity contribution in [3.05, 3.63) is 64.1 Å². The fourth-order valence-corrected chi connectivity index (χ4v) is 3.35. The summed E-state index contributed by atoms with van der Waals surface area (Å²) in [6.07, 6.45) is 1.52. The van der Waals surface area contributed by atoms with Crippen LogP contribution in [-0.2, 0) is 0 Å². The Hall–Kier alpha value is -3.10. The molecule has 1 aromatic carbocycles. The summed E-state index contributed by atoms with van der Waals surface area (Å²) in [6.45, 7) is 5.10. The van der Waals surface area contributed by atoms with Crippen LogP contribution in [0.15, 0.2) is 47.9 Å². The number of benzene rings is 1. The predicted octanol–water partition coefficient (Wildman–Crippen LogP) is 2.26. The van der Waals surface area contributed by atoms with Gasteiger partial charge in [0.05, 0.1) is 22.0 Å². The number of rotatable bonds is 5. The summed E-state index contributed by atoms with van der Waals surface area (Å²) in [5.41, 5.74) is 13.1. The van der Waals surface area contributed by atoms with Crippen LogP contribution in [0.5, 0.6) is 0 Å². The number of likely N-dealkylation sites (N-methyl/N-ethyl adjacent to an activating group) is 1. The van der Waals surface area contributed by atoms with Crippen LogP contribution in [0, 0.1) is 5.41 Å². The number of hydrogen-bond donors (Lipinski definition) is 4. The van der Waals surface area contributed by atoms with E-state index in [-0.39, 0.29) is 17.3 Å². The van der Waals surface area contributed by atoms with Gasteiger partial charge in [-0.15, -0.1) is 0 Å². The molecule has 0 amide bonds. The lowest BCUT2D eigenvalue weighted by molar-refractivity contribution is 0.103. The molecule has 158 valence electrons. The maximum Gasteiger partial charge on any atom is 0.198 e. The van der Waals surface area contributed by atoms with Gasteiger partial charge in [0, 0.05) is 49.7 Å². The van der Waals surface area contributed by atoms with Crippen molar-refractivity contribution in [1.82, 2.24) is 9.88 Å². The Morgan fingerprint density at radius 3 is 2.47 bits per heavy atom. The minimum Gasteiger partial charge on any atom is -0.401 e. The zero-order valence-electron chi connectivity index (χ0n) is 17.1. The van der Waals surface area contributed by atoms with E-state index in [9.17, 15) is 4.79 Å². The van der Waals surface area contributed by atoms with Crippen molar-refractivity contribution in [1.29, 1.82) is 5.41 Å². The molecule has 6 N–H and O–H groups in total. The first kappa shape index (κ1) is 21.6. The average molecular weight is 428 g/mol. The Morgan fingerprint density at radius 2 is 1.83 bits per heavy atom. The van der Waals surface area contributed by atoms with Crippen LogP contribution in [0.4, 0.5) is 11.5 Å². The van der Waals surface area contributed by atoms with Crippen LogP contribution in [-0.4, -0.2) is 54.7 Å². The van der Waals surface area contributed by atoms with Crippen LogP contribution in [0.2, 0.25) is 5.02 Å². The number of halogens is 1. The van der Waals surface area contributed by atoms with E-state index in [0.717, 1.165) is 32.0 Å². The van der Waals surface area contributed by atoms with Crippen LogP contribution in [0.25, 0.3) is 0 Å². The first-order valence-electron chi connectivity index (χ1n) is 9.58. The highest BCUT2D eigenvalue weighted by molar-refractivity contribution is 6.35. The molecule has 0 atom stereocenters. The quantitative estimate of drug-likeness (QED) is 0.327. The number of pyridine rings is 1. The molecule has 1 aliphatic rings.